The fourth-order valence-corrected chi connectivity index (χ4v) is 3.46. The number of fused-ring (bicyclic) bond motifs is 1. The molecular formula is C18H25IN6S. The summed E-state index contributed by atoms with van der Waals surface area (Å²) < 4.78 is 2.10. The van der Waals surface area contributed by atoms with Gasteiger partial charge >= 0.3 is 0 Å². The maximum atomic E-state index is 4.67. The maximum absolute atomic E-state index is 4.67. The Labute approximate surface area is 175 Å². The van der Waals surface area contributed by atoms with Crippen LogP contribution in [0.5, 0.6) is 0 Å². The number of hydrogen-bond acceptors (Lipinski definition) is 4. The number of aromatic nitrogens is 3. The van der Waals surface area contributed by atoms with Gasteiger partial charge in [0.15, 0.2) is 5.96 Å². The van der Waals surface area contributed by atoms with Crippen molar-refractivity contribution in [2.75, 3.05) is 7.05 Å². The number of para-hydroxylation sites is 2. The van der Waals surface area contributed by atoms with E-state index in [9.17, 15) is 0 Å². The number of thiazole rings is 1. The Hall–Kier alpha value is -1.68. The number of aliphatic imine (C=N–C) groups is 1. The SMILES string of the molecule is CN=C(NCc1nc(C(C)C)cs1)NCc1nc2ccccc2n1C.I. The second-order valence-electron chi connectivity index (χ2n) is 6.18. The molecular weight excluding hydrogens is 459 g/mol. The van der Waals surface area contributed by atoms with Crippen LogP contribution in [0.3, 0.4) is 0 Å². The van der Waals surface area contributed by atoms with Crippen LogP contribution in [-0.4, -0.2) is 27.5 Å². The molecule has 0 radical (unpaired) electrons. The number of benzene rings is 1. The maximum Gasteiger partial charge on any atom is 0.191 e. The van der Waals surface area contributed by atoms with E-state index in [1.165, 1.54) is 0 Å². The first-order valence-corrected chi connectivity index (χ1v) is 9.25. The standard InChI is InChI=1S/C18H24N6S.HI/c1-12(2)14-11-25-17(23-14)10-21-18(19-3)20-9-16-22-13-7-5-6-8-15(13)24(16)4;/h5-8,11-12H,9-10H2,1-4H3,(H2,19,20,21);1H. The van der Waals surface area contributed by atoms with E-state index in [-0.39, 0.29) is 24.0 Å². The number of nitrogens with one attached hydrogen (secondary N) is 2. The molecule has 26 heavy (non-hydrogen) atoms. The average molecular weight is 484 g/mol. The molecule has 0 bridgehead atoms. The van der Waals surface area contributed by atoms with Crippen LogP contribution < -0.4 is 10.6 Å². The Morgan fingerprint density at radius 2 is 1.92 bits per heavy atom. The Balaban J connectivity index is 0.00000243. The van der Waals surface area contributed by atoms with Crippen molar-refractivity contribution in [1.82, 2.24) is 25.2 Å². The zero-order chi connectivity index (χ0) is 17.8. The summed E-state index contributed by atoms with van der Waals surface area (Å²) in [4.78, 5) is 13.6. The smallest absolute Gasteiger partial charge is 0.191 e. The third-order valence-corrected chi connectivity index (χ3v) is 4.95. The molecule has 0 aliphatic heterocycles. The van der Waals surface area contributed by atoms with Gasteiger partial charge in [0.2, 0.25) is 0 Å². The number of nitrogens with zero attached hydrogens (tertiary/aromatic N) is 4. The second-order valence-corrected chi connectivity index (χ2v) is 7.12. The first-order chi connectivity index (χ1) is 12.1. The highest BCUT2D eigenvalue weighted by molar-refractivity contribution is 14.0. The molecule has 6 nitrogen and oxygen atoms in total. The molecule has 0 amide bonds. The van der Waals surface area contributed by atoms with Gasteiger partial charge in [-0.1, -0.05) is 26.0 Å². The summed E-state index contributed by atoms with van der Waals surface area (Å²) in [5.41, 5.74) is 3.28. The Bertz CT molecular complexity index is 883. The van der Waals surface area contributed by atoms with Crippen molar-refractivity contribution in [3.05, 3.63) is 46.2 Å². The third kappa shape index (κ3) is 4.73. The Morgan fingerprint density at radius 1 is 1.19 bits per heavy atom. The molecule has 0 spiro atoms. The van der Waals surface area contributed by atoms with Gasteiger partial charge in [-0.25, -0.2) is 9.97 Å². The monoisotopic (exact) mass is 484 g/mol. The fraction of sp³-hybridized carbons (Fsp3) is 0.389. The van der Waals surface area contributed by atoms with Gasteiger partial charge in [-0.3, -0.25) is 4.99 Å². The Morgan fingerprint density at radius 3 is 2.58 bits per heavy atom. The van der Waals surface area contributed by atoms with Crippen molar-refractivity contribution in [2.24, 2.45) is 12.0 Å². The van der Waals surface area contributed by atoms with Gasteiger partial charge in [-0.2, -0.15) is 0 Å². The van der Waals surface area contributed by atoms with Crippen LogP contribution in [0.4, 0.5) is 0 Å². The molecule has 0 unspecified atom stereocenters. The van der Waals surface area contributed by atoms with E-state index in [1.54, 1.807) is 18.4 Å². The molecule has 3 rings (SSSR count). The van der Waals surface area contributed by atoms with Crippen molar-refractivity contribution in [3.8, 4) is 0 Å². The molecule has 1 aromatic carbocycles. The van der Waals surface area contributed by atoms with Crippen LogP contribution in [0.1, 0.15) is 36.3 Å². The lowest BCUT2D eigenvalue weighted by atomic mass is 10.2. The van der Waals surface area contributed by atoms with E-state index < -0.39 is 0 Å². The van der Waals surface area contributed by atoms with Gasteiger partial charge in [-0.15, -0.1) is 35.3 Å². The summed E-state index contributed by atoms with van der Waals surface area (Å²) in [6.07, 6.45) is 0. The lowest BCUT2D eigenvalue weighted by molar-refractivity contribution is 0.733. The molecule has 2 N–H and O–H groups in total. The second kappa shape index (κ2) is 9.31. The molecule has 8 heteroatoms. The molecule has 2 aromatic heterocycles. The molecule has 0 aliphatic carbocycles. The highest BCUT2D eigenvalue weighted by Gasteiger charge is 2.09. The minimum Gasteiger partial charge on any atom is -0.350 e. The highest BCUT2D eigenvalue weighted by Crippen LogP contribution is 2.17. The lowest BCUT2D eigenvalue weighted by Gasteiger charge is -2.11. The fourth-order valence-electron chi connectivity index (χ4n) is 2.57. The zero-order valence-corrected chi connectivity index (χ0v) is 18.6. The van der Waals surface area contributed by atoms with E-state index >= 15 is 0 Å². The van der Waals surface area contributed by atoms with E-state index in [0.717, 1.165) is 33.5 Å². The molecule has 0 atom stereocenters. The van der Waals surface area contributed by atoms with E-state index in [4.69, 9.17) is 0 Å². The van der Waals surface area contributed by atoms with Gasteiger partial charge in [0, 0.05) is 19.5 Å². The number of rotatable bonds is 5. The van der Waals surface area contributed by atoms with Crippen molar-refractivity contribution in [2.45, 2.75) is 32.9 Å². The minimum atomic E-state index is 0. The molecule has 3 aromatic rings. The van der Waals surface area contributed by atoms with E-state index in [2.05, 4.69) is 55.5 Å². The predicted octanol–water partition coefficient (Wildman–Crippen LogP) is 3.64. The van der Waals surface area contributed by atoms with E-state index in [1.807, 2.05) is 25.2 Å². The molecule has 2 heterocycles. The summed E-state index contributed by atoms with van der Waals surface area (Å²) >= 11 is 1.68. The molecule has 0 aliphatic rings. The normalized spacial score (nSPS) is 11.7. The van der Waals surface area contributed by atoms with Gasteiger partial charge in [0.25, 0.3) is 0 Å². The van der Waals surface area contributed by atoms with Crippen LogP contribution in [0.2, 0.25) is 0 Å². The number of hydrogen-bond donors (Lipinski definition) is 2. The van der Waals surface area contributed by atoms with Gasteiger partial charge in [-0.05, 0) is 18.1 Å². The number of halogens is 1. The average Bonchev–Trinajstić information content (AvgIpc) is 3.21. The van der Waals surface area contributed by atoms with Crippen LogP contribution in [0, 0.1) is 0 Å². The molecule has 0 saturated heterocycles. The highest BCUT2D eigenvalue weighted by atomic mass is 127. The van der Waals surface area contributed by atoms with Gasteiger partial charge in [0.1, 0.15) is 10.8 Å². The molecule has 0 saturated carbocycles. The molecule has 0 fully saturated rings. The van der Waals surface area contributed by atoms with Crippen LogP contribution in [-0.2, 0) is 20.1 Å². The summed E-state index contributed by atoms with van der Waals surface area (Å²) in [7, 11) is 3.80. The third-order valence-electron chi connectivity index (χ3n) is 4.09. The summed E-state index contributed by atoms with van der Waals surface area (Å²) in [6.45, 7) is 5.59. The van der Waals surface area contributed by atoms with Gasteiger partial charge < -0.3 is 15.2 Å². The zero-order valence-electron chi connectivity index (χ0n) is 15.5. The van der Waals surface area contributed by atoms with Crippen molar-refractivity contribution in [3.63, 3.8) is 0 Å². The molecule has 140 valence electrons. The summed E-state index contributed by atoms with van der Waals surface area (Å²) in [5.74, 6) is 2.17. The minimum absolute atomic E-state index is 0. The van der Waals surface area contributed by atoms with Crippen molar-refractivity contribution in [1.29, 1.82) is 0 Å². The summed E-state index contributed by atoms with van der Waals surface area (Å²) in [6, 6.07) is 8.14. The number of aryl methyl sites for hydroxylation is 1. The Kier molecular flexibility index (Phi) is 7.39. The van der Waals surface area contributed by atoms with Crippen molar-refractivity contribution >= 4 is 52.3 Å². The largest absolute Gasteiger partial charge is 0.350 e. The first kappa shape index (κ1) is 20.6. The van der Waals surface area contributed by atoms with Gasteiger partial charge in [0.05, 0.1) is 29.8 Å². The first-order valence-electron chi connectivity index (χ1n) is 8.37. The number of guanidine groups is 1. The topological polar surface area (TPSA) is 67.1 Å². The van der Waals surface area contributed by atoms with Crippen LogP contribution in [0.25, 0.3) is 11.0 Å². The van der Waals surface area contributed by atoms with Crippen molar-refractivity contribution < 1.29 is 0 Å². The summed E-state index contributed by atoms with van der Waals surface area (Å²) in [5, 5.41) is 9.82. The number of imidazole rings is 1. The lowest BCUT2D eigenvalue weighted by Crippen LogP contribution is -2.36. The van der Waals surface area contributed by atoms with Crippen LogP contribution >= 0.6 is 35.3 Å². The predicted molar refractivity (Wildman–Crippen MR) is 119 cm³/mol. The van der Waals surface area contributed by atoms with E-state index in [0.29, 0.717) is 19.0 Å². The van der Waals surface area contributed by atoms with Crippen LogP contribution in [0.15, 0.2) is 34.6 Å². The quantitative estimate of drug-likeness (QED) is 0.330.